The van der Waals surface area contributed by atoms with E-state index in [2.05, 4.69) is 10.3 Å². The van der Waals surface area contributed by atoms with Crippen LogP contribution in [0.4, 0.5) is 11.4 Å². The number of rotatable bonds is 8. The number of nitrogens with one attached hydrogen (secondary N) is 1. The first-order valence-corrected chi connectivity index (χ1v) is 10.7. The minimum Gasteiger partial charge on any atom is -0.462 e. The number of aryl methyl sites for hydroxylation is 1. The van der Waals surface area contributed by atoms with Gasteiger partial charge >= 0.3 is 5.97 Å². The number of carbonyl (C=O) groups excluding carboxylic acids is 2. The molecule has 0 unspecified atom stereocenters. The summed E-state index contributed by atoms with van der Waals surface area (Å²) in [5.41, 5.74) is 1.64. The summed E-state index contributed by atoms with van der Waals surface area (Å²) >= 11 is 6.99. The number of imidazole rings is 1. The van der Waals surface area contributed by atoms with Gasteiger partial charge in [0.15, 0.2) is 5.16 Å². The van der Waals surface area contributed by atoms with E-state index < -0.39 is 16.8 Å². The summed E-state index contributed by atoms with van der Waals surface area (Å²) < 4.78 is 6.95. The number of nitrogens with zero attached hydrogens (tertiary/aromatic N) is 3. The number of esters is 1. The fraction of sp³-hybridized carbons (Fsp3) is 0.250. The maximum atomic E-state index is 12.4. The molecule has 31 heavy (non-hydrogen) atoms. The number of nitro groups is 1. The van der Waals surface area contributed by atoms with Gasteiger partial charge in [0.1, 0.15) is 5.69 Å². The lowest BCUT2D eigenvalue weighted by molar-refractivity contribution is -0.383. The molecule has 9 nitrogen and oxygen atoms in total. The van der Waals surface area contributed by atoms with Crippen molar-refractivity contribution in [2.24, 2.45) is 0 Å². The molecule has 0 fully saturated rings. The Hall–Kier alpha value is -3.11. The van der Waals surface area contributed by atoms with E-state index in [9.17, 15) is 19.7 Å². The number of ether oxygens (including phenoxy) is 1. The third kappa shape index (κ3) is 5.15. The van der Waals surface area contributed by atoms with E-state index in [1.54, 1.807) is 25.1 Å². The zero-order valence-electron chi connectivity index (χ0n) is 16.8. The summed E-state index contributed by atoms with van der Waals surface area (Å²) in [6.07, 6.45) is 0. The van der Waals surface area contributed by atoms with Gasteiger partial charge in [-0.1, -0.05) is 23.4 Å². The predicted octanol–water partition coefficient (Wildman–Crippen LogP) is 4.53. The number of carbonyl (C=O) groups is 2. The number of nitro benzene ring substituents is 1. The van der Waals surface area contributed by atoms with Crippen molar-refractivity contribution in [3.8, 4) is 0 Å². The molecule has 2 aromatic carbocycles. The highest BCUT2D eigenvalue weighted by molar-refractivity contribution is 7.99. The van der Waals surface area contributed by atoms with E-state index in [1.807, 2.05) is 11.5 Å². The molecule has 0 aliphatic heterocycles. The van der Waals surface area contributed by atoms with Gasteiger partial charge in [-0.05, 0) is 44.2 Å². The first-order chi connectivity index (χ1) is 14.8. The standard InChI is InChI=1S/C20H19ClN4O5S/c1-3-24-16-8-5-12(19(27)30-4-2)9-15(16)23-20(24)31-11-18(26)22-14-7-6-13(21)10-17(14)25(28)29/h5-10H,3-4,11H2,1-2H3,(H,22,26). The second kappa shape index (κ2) is 9.80. The van der Waals surface area contributed by atoms with Crippen molar-refractivity contribution < 1.29 is 19.2 Å². The van der Waals surface area contributed by atoms with E-state index in [1.165, 1.54) is 30.0 Å². The van der Waals surface area contributed by atoms with Crippen LogP contribution in [0, 0.1) is 10.1 Å². The van der Waals surface area contributed by atoms with E-state index in [4.69, 9.17) is 16.3 Å². The van der Waals surface area contributed by atoms with E-state index in [-0.39, 0.29) is 28.8 Å². The molecule has 0 radical (unpaired) electrons. The smallest absolute Gasteiger partial charge is 0.338 e. The fourth-order valence-corrected chi connectivity index (χ4v) is 3.99. The molecule has 3 aromatic rings. The quantitative estimate of drug-likeness (QED) is 0.226. The van der Waals surface area contributed by atoms with Crippen LogP contribution in [0.15, 0.2) is 41.6 Å². The Labute approximate surface area is 186 Å². The lowest BCUT2D eigenvalue weighted by Gasteiger charge is -2.07. The number of benzene rings is 2. The average molecular weight is 463 g/mol. The maximum Gasteiger partial charge on any atom is 0.338 e. The van der Waals surface area contributed by atoms with E-state index >= 15 is 0 Å². The van der Waals surface area contributed by atoms with Crippen molar-refractivity contribution in [2.75, 3.05) is 17.7 Å². The molecule has 1 heterocycles. The zero-order valence-corrected chi connectivity index (χ0v) is 18.3. The Bertz CT molecular complexity index is 1160. The molecule has 0 spiro atoms. The monoisotopic (exact) mass is 462 g/mol. The predicted molar refractivity (Wildman–Crippen MR) is 119 cm³/mol. The summed E-state index contributed by atoms with van der Waals surface area (Å²) in [7, 11) is 0. The third-order valence-corrected chi connectivity index (χ3v) is 5.51. The van der Waals surface area contributed by atoms with Crippen LogP contribution in [0.3, 0.4) is 0 Å². The topological polar surface area (TPSA) is 116 Å². The molecule has 0 saturated carbocycles. The lowest BCUT2D eigenvalue weighted by Crippen LogP contribution is -2.15. The van der Waals surface area contributed by atoms with Crippen LogP contribution >= 0.6 is 23.4 Å². The number of aromatic nitrogens is 2. The molecule has 1 N–H and O–H groups in total. The largest absolute Gasteiger partial charge is 0.462 e. The SMILES string of the molecule is CCOC(=O)c1ccc2c(c1)nc(SCC(=O)Nc1ccc(Cl)cc1[N+](=O)[O-])n2CC. The molecule has 0 aliphatic carbocycles. The summed E-state index contributed by atoms with van der Waals surface area (Å²) in [4.78, 5) is 39.5. The van der Waals surface area contributed by atoms with Gasteiger partial charge < -0.3 is 14.6 Å². The van der Waals surface area contributed by atoms with Crippen LogP contribution in [0.2, 0.25) is 5.02 Å². The highest BCUT2D eigenvalue weighted by Crippen LogP contribution is 2.29. The molecule has 1 aromatic heterocycles. The van der Waals surface area contributed by atoms with Gasteiger partial charge in [-0.3, -0.25) is 14.9 Å². The van der Waals surface area contributed by atoms with E-state index in [0.717, 1.165) is 5.52 Å². The Morgan fingerprint density at radius 2 is 2.03 bits per heavy atom. The number of amides is 1. The molecule has 0 aliphatic rings. The van der Waals surface area contributed by atoms with Gasteiger partial charge in [0.2, 0.25) is 5.91 Å². The summed E-state index contributed by atoms with van der Waals surface area (Å²) in [6.45, 7) is 4.58. The number of halogens is 1. The Kier molecular flexibility index (Phi) is 7.13. The number of anilines is 1. The first-order valence-electron chi connectivity index (χ1n) is 9.38. The highest BCUT2D eigenvalue weighted by atomic mass is 35.5. The molecule has 0 bridgehead atoms. The summed E-state index contributed by atoms with van der Waals surface area (Å²) in [5.74, 6) is -0.848. The number of hydrogen-bond acceptors (Lipinski definition) is 7. The van der Waals surface area contributed by atoms with Crippen LogP contribution in [-0.2, 0) is 16.1 Å². The van der Waals surface area contributed by atoms with Crippen LogP contribution in [-0.4, -0.2) is 38.7 Å². The van der Waals surface area contributed by atoms with Crippen LogP contribution < -0.4 is 5.32 Å². The van der Waals surface area contributed by atoms with Crippen LogP contribution in [0.1, 0.15) is 24.2 Å². The molecule has 1 amide bonds. The molecule has 0 atom stereocenters. The van der Waals surface area contributed by atoms with Crippen molar-refractivity contribution in [1.29, 1.82) is 0 Å². The number of thioether (sulfide) groups is 1. The minimum atomic E-state index is -0.605. The van der Waals surface area contributed by atoms with Crippen molar-refractivity contribution in [3.63, 3.8) is 0 Å². The van der Waals surface area contributed by atoms with Gasteiger partial charge in [0.05, 0.1) is 33.9 Å². The highest BCUT2D eigenvalue weighted by Gasteiger charge is 2.18. The normalized spacial score (nSPS) is 10.8. The Morgan fingerprint density at radius 1 is 1.26 bits per heavy atom. The van der Waals surface area contributed by atoms with Crippen molar-refractivity contribution in [2.45, 2.75) is 25.5 Å². The Balaban J connectivity index is 1.76. The second-order valence-corrected chi connectivity index (χ2v) is 7.70. The van der Waals surface area contributed by atoms with Gasteiger partial charge in [-0.15, -0.1) is 0 Å². The van der Waals surface area contributed by atoms with Crippen molar-refractivity contribution in [1.82, 2.24) is 9.55 Å². The van der Waals surface area contributed by atoms with Gasteiger partial charge in [0, 0.05) is 17.6 Å². The van der Waals surface area contributed by atoms with Crippen molar-refractivity contribution >= 4 is 57.6 Å². The lowest BCUT2D eigenvalue weighted by atomic mass is 10.2. The Morgan fingerprint density at radius 3 is 2.71 bits per heavy atom. The molecule has 3 rings (SSSR count). The maximum absolute atomic E-state index is 12.4. The van der Waals surface area contributed by atoms with Crippen molar-refractivity contribution in [3.05, 3.63) is 57.1 Å². The van der Waals surface area contributed by atoms with Gasteiger partial charge in [-0.2, -0.15) is 0 Å². The molecular weight excluding hydrogens is 444 g/mol. The minimum absolute atomic E-state index is 0.00611. The molecule has 162 valence electrons. The van der Waals surface area contributed by atoms with Crippen LogP contribution in [0.5, 0.6) is 0 Å². The molecule has 11 heteroatoms. The van der Waals surface area contributed by atoms with Gasteiger partial charge in [-0.25, -0.2) is 9.78 Å². The van der Waals surface area contributed by atoms with E-state index in [0.29, 0.717) is 22.8 Å². The third-order valence-electron chi connectivity index (χ3n) is 4.30. The molecule has 0 saturated heterocycles. The first kappa shape index (κ1) is 22.6. The van der Waals surface area contributed by atoms with Crippen LogP contribution in [0.25, 0.3) is 11.0 Å². The second-order valence-electron chi connectivity index (χ2n) is 6.32. The summed E-state index contributed by atoms with van der Waals surface area (Å²) in [5, 5.41) is 14.5. The summed E-state index contributed by atoms with van der Waals surface area (Å²) in [6, 6.07) is 9.16. The number of fused-ring (bicyclic) bond motifs is 1. The molecular formula is C20H19ClN4O5S. The fourth-order valence-electron chi connectivity index (χ4n) is 2.94. The zero-order chi connectivity index (χ0) is 22.5. The van der Waals surface area contributed by atoms with Gasteiger partial charge in [0.25, 0.3) is 5.69 Å². The average Bonchev–Trinajstić information content (AvgIpc) is 3.10. The number of hydrogen-bond donors (Lipinski definition) is 1.